The summed E-state index contributed by atoms with van der Waals surface area (Å²) in [5, 5.41) is 0. The highest BCUT2D eigenvalue weighted by atomic mass is 16.5. The van der Waals surface area contributed by atoms with Crippen molar-refractivity contribution in [3.8, 4) is 11.5 Å². The molecule has 1 aliphatic rings. The monoisotopic (exact) mass is 320 g/mol. The molecule has 0 N–H and O–H groups in total. The minimum Gasteiger partial charge on any atom is -0.493 e. The van der Waals surface area contributed by atoms with Gasteiger partial charge in [-0.05, 0) is 32.4 Å². The molecule has 6 nitrogen and oxygen atoms in total. The molecule has 1 heterocycles. The standard InChI is InChI=1S/C17H24N2O4/c1-12-17(21)19(13(2)16(20)18(12)3)10-7-11-23-15-9-6-5-8-14(15)22-4/h5-6,8-9,12-13H,7,10-11H2,1-4H3/t12-,13-/m0/s1. The Morgan fingerprint density at radius 1 is 1.04 bits per heavy atom. The van der Waals surface area contributed by atoms with Crippen molar-refractivity contribution in [3.05, 3.63) is 24.3 Å². The number of hydrogen-bond donors (Lipinski definition) is 0. The molecular weight excluding hydrogens is 296 g/mol. The molecule has 0 aliphatic carbocycles. The third kappa shape index (κ3) is 3.57. The van der Waals surface area contributed by atoms with Crippen LogP contribution in [0.15, 0.2) is 24.3 Å². The number of hydrogen-bond acceptors (Lipinski definition) is 4. The van der Waals surface area contributed by atoms with E-state index in [-0.39, 0.29) is 11.8 Å². The predicted molar refractivity (Wildman–Crippen MR) is 86.5 cm³/mol. The molecule has 0 saturated carbocycles. The lowest BCUT2D eigenvalue weighted by molar-refractivity contribution is -0.158. The normalized spacial score (nSPS) is 21.6. The number of amides is 2. The van der Waals surface area contributed by atoms with Gasteiger partial charge in [-0.3, -0.25) is 9.59 Å². The number of methoxy groups -OCH3 is 1. The average molecular weight is 320 g/mol. The molecule has 1 saturated heterocycles. The number of nitrogens with zero attached hydrogens (tertiary/aromatic N) is 2. The van der Waals surface area contributed by atoms with Crippen LogP contribution >= 0.6 is 0 Å². The Bertz CT molecular complexity index is 575. The van der Waals surface area contributed by atoms with Gasteiger partial charge in [-0.15, -0.1) is 0 Å². The molecule has 1 aromatic rings. The first-order valence-electron chi connectivity index (χ1n) is 7.80. The number of para-hydroxylation sites is 2. The molecule has 0 spiro atoms. The van der Waals surface area contributed by atoms with E-state index in [1.807, 2.05) is 24.3 Å². The highest BCUT2D eigenvalue weighted by Crippen LogP contribution is 2.26. The highest BCUT2D eigenvalue weighted by molar-refractivity contribution is 5.96. The van der Waals surface area contributed by atoms with Crippen LogP contribution < -0.4 is 9.47 Å². The average Bonchev–Trinajstić information content (AvgIpc) is 2.58. The van der Waals surface area contributed by atoms with Crippen LogP contribution in [0, 0.1) is 0 Å². The number of carbonyl (C=O) groups excluding carboxylic acids is 2. The topological polar surface area (TPSA) is 59.1 Å². The molecular formula is C17H24N2O4. The van der Waals surface area contributed by atoms with Crippen LogP contribution in [0.1, 0.15) is 20.3 Å². The van der Waals surface area contributed by atoms with Crippen molar-refractivity contribution in [1.29, 1.82) is 0 Å². The smallest absolute Gasteiger partial charge is 0.245 e. The number of likely N-dealkylation sites (N-methyl/N-ethyl adjacent to an activating group) is 1. The van der Waals surface area contributed by atoms with Crippen molar-refractivity contribution < 1.29 is 19.1 Å². The van der Waals surface area contributed by atoms with Gasteiger partial charge in [0.25, 0.3) is 0 Å². The Kier molecular flexibility index (Phi) is 5.47. The molecule has 126 valence electrons. The lowest BCUT2D eigenvalue weighted by atomic mass is 10.1. The molecule has 0 bridgehead atoms. The van der Waals surface area contributed by atoms with Gasteiger partial charge in [-0.25, -0.2) is 0 Å². The molecule has 0 unspecified atom stereocenters. The van der Waals surface area contributed by atoms with Crippen molar-refractivity contribution >= 4 is 11.8 Å². The minimum atomic E-state index is -0.421. The van der Waals surface area contributed by atoms with Gasteiger partial charge in [0.15, 0.2) is 11.5 Å². The van der Waals surface area contributed by atoms with Crippen LogP contribution in [-0.4, -0.2) is 61.0 Å². The summed E-state index contributed by atoms with van der Waals surface area (Å²) in [5.41, 5.74) is 0. The van der Waals surface area contributed by atoms with Crippen molar-refractivity contribution in [2.24, 2.45) is 0 Å². The predicted octanol–water partition coefficient (Wildman–Crippen LogP) is 1.54. The van der Waals surface area contributed by atoms with Gasteiger partial charge < -0.3 is 19.3 Å². The zero-order valence-electron chi connectivity index (χ0n) is 14.1. The van der Waals surface area contributed by atoms with E-state index in [0.717, 1.165) is 0 Å². The highest BCUT2D eigenvalue weighted by Gasteiger charge is 2.39. The van der Waals surface area contributed by atoms with Crippen LogP contribution in [0.25, 0.3) is 0 Å². The number of ether oxygens (including phenoxy) is 2. The molecule has 6 heteroatoms. The van der Waals surface area contributed by atoms with Crippen LogP contribution in [0.4, 0.5) is 0 Å². The quantitative estimate of drug-likeness (QED) is 0.746. The number of benzene rings is 1. The first-order valence-corrected chi connectivity index (χ1v) is 7.80. The van der Waals surface area contributed by atoms with Crippen LogP contribution in [-0.2, 0) is 9.59 Å². The van der Waals surface area contributed by atoms with Gasteiger partial charge in [0.2, 0.25) is 11.8 Å². The van der Waals surface area contributed by atoms with Crippen LogP contribution in [0.3, 0.4) is 0 Å². The SMILES string of the molecule is COc1ccccc1OCCCN1C(=O)[C@H](C)N(C)C(=O)[C@@H]1C. The lowest BCUT2D eigenvalue weighted by Crippen LogP contribution is -2.61. The van der Waals surface area contributed by atoms with Crippen molar-refractivity contribution in [1.82, 2.24) is 9.80 Å². The Balaban J connectivity index is 1.88. The largest absolute Gasteiger partial charge is 0.493 e. The zero-order chi connectivity index (χ0) is 17.0. The van der Waals surface area contributed by atoms with E-state index >= 15 is 0 Å². The van der Waals surface area contributed by atoms with E-state index < -0.39 is 12.1 Å². The maximum atomic E-state index is 12.3. The van der Waals surface area contributed by atoms with Gasteiger partial charge in [-0.1, -0.05) is 12.1 Å². The van der Waals surface area contributed by atoms with Gasteiger partial charge in [0.1, 0.15) is 12.1 Å². The van der Waals surface area contributed by atoms with Crippen LogP contribution in [0.2, 0.25) is 0 Å². The van der Waals surface area contributed by atoms with Gasteiger partial charge >= 0.3 is 0 Å². The second-order valence-electron chi connectivity index (χ2n) is 5.69. The first-order chi connectivity index (χ1) is 11.0. The Morgan fingerprint density at radius 2 is 1.70 bits per heavy atom. The summed E-state index contributed by atoms with van der Waals surface area (Å²) in [5.74, 6) is 1.32. The molecule has 23 heavy (non-hydrogen) atoms. The summed E-state index contributed by atoms with van der Waals surface area (Å²) in [6.45, 7) is 4.47. The Morgan fingerprint density at radius 3 is 2.35 bits per heavy atom. The fraction of sp³-hybridized carbons (Fsp3) is 0.529. The van der Waals surface area contributed by atoms with E-state index in [0.29, 0.717) is 31.1 Å². The maximum absolute atomic E-state index is 12.3. The molecule has 1 fully saturated rings. The second-order valence-corrected chi connectivity index (χ2v) is 5.69. The third-order valence-corrected chi connectivity index (χ3v) is 4.26. The second kappa shape index (κ2) is 7.35. The van der Waals surface area contributed by atoms with E-state index in [9.17, 15) is 9.59 Å². The summed E-state index contributed by atoms with van der Waals surface area (Å²) in [4.78, 5) is 27.6. The Labute approximate surface area is 137 Å². The van der Waals surface area contributed by atoms with Gasteiger partial charge in [-0.2, -0.15) is 0 Å². The van der Waals surface area contributed by atoms with E-state index in [1.54, 1.807) is 32.9 Å². The van der Waals surface area contributed by atoms with E-state index in [1.165, 1.54) is 4.90 Å². The fourth-order valence-corrected chi connectivity index (χ4v) is 2.67. The van der Waals surface area contributed by atoms with E-state index in [4.69, 9.17) is 9.47 Å². The van der Waals surface area contributed by atoms with E-state index in [2.05, 4.69) is 0 Å². The third-order valence-electron chi connectivity index (χ3n) is 4.26. The summed E-state index contributed by atoms with van der Waals surface area (Å²) >= 11 is 0. The molecule has 1 aromatic carbocycles. The molecule has 1 aliphatic heterocycles. The maximum Gasteiger partial charge on any atom is 0.245 e. The molecule has 2 amide bonds. The van der Waals surface area contributed by atoms with Gasteiger partial charge in [0.05, 0.1) is 13.7 Å². The number of piperazine rings is 1. The van der Waals surface area contributed by atoms with Gasteiger partial charge in [0, 0.05) is 13.6 Å². The summed E-state index contributed by atoms with van der Waals surface area (Å²) < 4.78 is 10.9. The summed E-state index contributed by atoms with van der Waals surface area (Å²) in [6, 6.07) is 6.60. The first kappa shape index (κ1) is 17.1. The fourth-order valence-electron chi connectivity index (χ4n) is 2.67. The van der Waals surface area contributed by atoms with Crippen LogP contribution in [0.5, 0.6) is 11.5 Å². The number of carbonyl (C=O) groups is 2. The number of rotatable bonds is 6. The molecule has 0 aromatic heterocycles. The van der Waals surface area contributed by atoms with Crippen molar-refractivity contribution in [2.45, 2.75) is 32.4 Å². The molecule has 2 atom stereocenters. The summed E-state index contributed by atoms with van der Waals surface area (Å²) in [7, 11) is 3.27. The zero-order valence-corrected chi connectivity index (χ0v) is 14.1. The minimum absolute atomic E-state index is 0.0168. The Hall–Kier alpha value is -2.24. The lowest BCUT2D eigenvalue weighted by Gasteiger charge is -2.41. The van der Waals surface area contributed by atoms with Crippen molar-refractivity contribution in [3.63, 3.8) is 0 Å². The molecule has 2 rings (SSSR count). The summed E-state index contributed by atoms with van der Waals surface area (Å²) in [6.07, 6.45) is 0.651. The molecule has 0 radical (unpaired) electrons. The van der Waals surface area contributed by atoms with Crippen molar-refractivity contribution in [2.75, 3.05) is 27.3 Å².